The van der Waals surface area contributed by atoms with Crippen LogP contribution in [0.1, 0.15) is 24.8 Å². The number of hydrogen-bond acceptors (Lipinski definition) is 3. The Morgan fingerprint density at radius 2 is 1.47 bits per heavy atom. The molecular weight excluding hydrogens is 452 g/mol. The van der Waals surface area contributed by atoms with E-state index in [1.165, 1.54) is 9.79 Å². The van der Waals surface area contributed by atoms with Gasteiger partial charge in [0.25, 0.3) is 0 Å². The molecule has 0 aromatic heterocycles. The van der Waals surface area contributed by atoms with E-state index >= 15 is 0 Å². The summed E-state index contributed by atoms with van der Waals surface area (Å²) < 4.78 is 5.16. The third-order valence-electron chi connectivity index (χ3n) is 4.82. The van der Waals surface area contributed by atoms with Gasteiger partial charge in [-0.05, 0) is 48.7 Å². The van der Waals surface area contributed by atoms with Crippen molar-refractivity contribution in [2.24, 2.45) is 0 Å². The zero-order chi connectivity index (χ0) is 23.7. The monoisotopic (exact) mass is 482 g/mol. The normalized spacial score (nSPS) is 11.6. The number of unbranched alkanes of at least 4 members (excludes halogenated alkanes) is 2. The first-order valence-corrected chi connectivity index (χ1v) is 13.3. The highest BCUT2D eigenvalue weighted by molar-refractivity contribution is 8.00. The Kier molecular flexibility index (Phi) is 12.1. The van der Waals surface area contributed by atoms with Crippen LogP contribution in [0.25, 0.3) is 6.08 Å². The molecule has 1 nitrogen and oxygen atoms in total. The van der Waals surface area contributed by atoms with Gasteiger partial charge in [0, 0.05) is 35.5 Å². The van der Waals surface area contributed by atoms with E-state index in [1.807, 2.05) is 18.2 Å². The van der Waals surface area contributed by atoms with Gasteiger partial charge in [0.05, 0.1) is 5.75 Å². The van der Waals surface area contributed by atoms with E-state index < -0.39 is 0 Å². The Labute approximate surface area is 213 Å². The smallest absolute Gasteiger partial charge is 0.103 e. The summed E-state index contributed by atoms with van der Waals surface area (Å²) in [5.41, 5.74) is 2.19. The third-order valence-corrected chi connectivity index (χ3v) is 6.87. The largest absolute Gasteiger partial charge is 0.385 e. The van der Waals surface area contributed by atoms with Crippen molar-refractivity contribution in [1.82, 2.24) is 0 Å². The molecular formula is C31H30OS2. The molecule has 0 bridgehead atoms. The highest BCUT2D eigenvalue weighted by atomic mass is 32.2. The van der Waals surface area contributed by atoms with E-state index in [1.54, 1.807) is 30.6 Å². The van der Waals surface area contributed by atoms with Crippen molar-refractivity contribution in [3.63, 3.8) is 0 Å². The van der Waals surface area contributed by atoms with Crippen molar-refractivity contribution in [3.8, 4) is 23.7 Å². The van der Waals surface area contributed by atoms with Gasteiger partial charge < -0.3 is 4.74 Å². The van der Waals surface area contributed by atoms with Crippen LogP contribution in [0.15, 0.2) is 106 Å². The van der Waals surface area contributed by atoms with Crippen molar-refractivity contribution in [2.45, 2.75) is 34.3 Å². The lowest BCUT2D eigenvalue weighted by atomic mass is 10.1. The van der Waals surface area contributed by atoms with Gasteiger partial charge in [-0.1, -0.05) is 90.4 Å². The zero-order valence-electron chi connectivity index (χ0n) is 19.6. The first kappa shape index (κ1) is 25.8. The molecule has 0 saturated carbocycles. The first-order valence-electron chi connectivity index (χ1n) is 11.5. The van der Waals surface area contributed by atoms with Crippen molar-refractivity contribution in [1.29, 1.82) is 0 Å². The zero-order valence-corrected chi connectivity index (χ0v) is 21.2. The summed E-state index contributed by atoms with van der Waals surface area (Å²) >= 11 is 3.52. The standard InChI is InChI=1S/C31H30OS2/c1-32-24-14-3-2-9-18-28(26-27-16-7-4-8-17-27)31(34-30-21-12-6-13-22-30)23-15-25-33-29-19-10-5-11-20-29/h4-8,10-13,16-17,19-22,26,31H,2-3,14,24-25H2,1H3/b28-26+. The minimum absolute atomic E-state index is 0.0366. The Morgan fingerprint density at radius 1 is 0.824 bits per heavy atom. The first-order chi connectivity index (χ1) is 16.8. The predicted molar refractivity (Wildman–Crippen MR) is 149 cm³/mol. The summed E-state index contributed by atoms with van der Waals surface area (Å²) in [5, 5.41) is -0.0366. The average Bonchev–Trinajstić information content (AvgIpc) is 2.89. The average molecular weight is 483 g/mol. The second-order valence-corrected chi connectivity index (χ2v) is 9.72. The van der Waals surface area contributed by atoms with Crippen LogP contribution in [0.3, 0.4) is 0 Å². The molecule has 3 aromatic rings. The highest BCUT2D eigenvalue weighted by Crippen LogP contribution is 2.29. The maximum absolute atomic E-state index is 5.16. The Bertz CT molecular complexity index is 1120. The van der Waals surface area contributed by atoms with E-state index in [-0.39, 0.29) is 5.25 Å². The van der Waals surface area contributed by atoms with Gasteiger partial charge in [-0.15, -0.1) is 23.5 Å². The summed E-state index contributed by atoms with van der Waals surface area (Å²) in [7, 11) is 1.74. The van der Waals surface area contributed by atoms with Crippen molar-refractivity contribution < 1.29 is 4.74 Å². The molecule has 0 aliphatic rings. The number of thioether (sulfide) groups is 2. The fourth-order valence-electron chi connectivity index (χ4n) is 3.11. The Balaban J connectivity index is 1.83. The van der Waals surface area contributed by atoms with E-state index in [0.717, 1.165) is 42.8 Å². The van der Waals surface area contributed by atoms with E-state index in [0.29, 0.717) is 0 Å². The maximum atomic E-state index is 5.16. The fourth-order valence-corrected chi connectivity index (χ4v) is 4.76. The summed E-state index contributed by atoms with van der Waals surface area (Å²) in [5.74, 6) is 14.5. The van der Waals surface area contributed by atoms with Gasteiger partial charge in [-0.3, -0.25) is 0 Å². The molecule has 0 N–H and O–H groups in total. The van der Waals surface area contributed by atoms with Crippen LogP contribution in [0.4, 0.5) is 0 Å². The molecule has 0 amide bonds. The van der Waals surface area contributed by atoms with Crippen molar-refractivity contribution in [3.05, 3.63) is 102 Å². The van der Waals surface area contributed by atoms with Crippen LogP contribution in [-0.4, -0.2) is 24.7 Å². The number of ether oxygens (including phenoxy) is 1. The number of methoxy groups -OCH3 is 1. The molecule has 3 aromatic carbocycles. The molecule has 0 aliphatic carbocycles. The van der Waals surface area contributed by atoms with Crippen molar-refractivity contribution >= 4 is 29.6 Å². The molecule has 34 heavy (non-hydrogen) atoms. The van der Waals surface area contributed by atoms with Crippen LogP contribution in [-0.2, 0) is 4.74 Å². The molecule has 1 atom stereocenters. The number of rotatable bonds is 10. The van der Waals surface area contributed by atoms with Gasteiger partial charge in [0.2, 0.25) is 0 Å². The lowest BCUT2D eigenvalue weighted by molar-refractivity contribution is 0.193. The second kappa shape index (κ2) is 15.9. The predicted octanol–water partition coefficient (Wildman–Crippen LogP) is 7.85. The summed E-state index contributed by atoms with van der Waals surface area (Å²) in [6, 6.07) is 31.2. The summed E-state index contributed by atoms with van der Waals surface area (Å²) in [6.45, 7) is 0.783. The molecule has 3 rings (SSSR count). The lowest BCUT2D eigenvalue weighted by Crippen LogP contribution is -2.03. The van der Waals surface area contributed by atoms with E-state index in [9.17, 15) is 0 Å². The van der Waals surface area contributed by atoms with Gasteiger partial charge in [0.15, 0.2) is 0 Å². The molecule has 0 fully saturated rings. The number of hydrogen-bond donors (Lipinski definition) is 0. The summed E-state index contributed by atoms with van der Waals surface area (Å²) in [4.78, 5) is 2.43. The quantitative estimate of drug-likeness (QED) is 0.165. The molecule has 0 radical (unpaired) electrons. The molecule has 3 heteroatoms. The van der Waals surface area contributed by atoms with Gasteiger partial charge in [0.1, 0.15) is 5.25 Å². The van der Waals surface area contributed by atoms with Gasteiger partial charge >= 0.3 is 0 Å². The lowest BCUT2D eigenvalue weighted by Gasteiger charge is -2.11. The molecule has 0 spiro atoms. The van der Waals surface area contributed by atoms with Crippen LogP contribution < -0.4 is 0 Å². The molecule has 0 aliphatic heterocycles. The maximum Gasteiger partial charge on any atom is 0.103 e. The molecule has 172 valence electrons. The minimum Gasteiger partial charge on any atom is -0.385 e. The minimum atomic E-state index is -0.0366. The van der Waals surface area contributed by atoms with Crippen LogP contribution in [0.5, 0.6) is 0 Å². The SMILES string of the molecule is COCCCCC#C/C(=C\c1ccccc1)C(C#CCSc1ccccc1)Sc1ccccc1. The highest BCUT2D eigenvalue weighted by Gasteiger charge is 2.12. The van der Waals surface area contributed by atoms with Gasteiger partial charge in [-0.25, -0.2) is 0 Å². The number of benzene rings is 3. The molecule has 1 unspecified atom stereocenters. The van der Waals surface area contributed by atoms with Crippen LogP contribution >= 0.6 is 23.5 Å². The Hall–Kier alpha value is -2.82. The van der Waals surface area contributed by atoms with Crippen LogP contribution in [0, 0.1) is 23.7 Å². The van der Waals surface area contributed by atoms with Crippen LogP contribution in [0.2, 0.25) is 0 Å². The van der Waals surface area contributed by atoms with E-state index in [4.69, 9.17) is 4.74 Å². The fraction of sp³-hybridized carbons (Fsp3) is 0.226. The topological polar surface area (TPSA) is 9.23 Å². The molecule has 0 heterocycles. The summed E-state index contributed by atoms with van der Waals surface area (Å²) in [6.07, 6.45) is 5.11. The van der Waals surface area contributed by atoms with E-state index in [2.05, 4.69) is 103 Å². The third kappa shape index (κ3) is 9.98. The van der Waals surface area contributed by atoms with Crippen molar-refractivity contribution in [2.75, 3.05) is 19.5 Å². The molecule has 0 saturated heterocycles. The second-order valence-electron chi connectivity index (χ2n) is 7.50. The van der Waals surface area contributed by atoms with Gasteiger partial charge in [-0.2, -0.15) is 0 Å². The Morgan fingerprint density at radius 3 is 2.15 bits per heavy atom.